The zero-order chi connectivity index (χ0) is 10.8. The van der Waals surface area contributed by atoms with E-state index in [4.69, 9.17) is 0 Å². The van der Waals surface area contributed by atoms with Crippen LogP contribution in [0.15, 0.2) is 13.6 Å². The molecule has 0 bridgehead atoms. The minimum atomic E-state index is 0.0238. The molecule has 15 heavy (non-hydrogen) atoms. The third-order valence-electron chi connectivity index (χ3n) is 2.68. The van der Waals surface area contributed by atoms with Gasteiger partial charge in [0.25, 0.3) is 5.91 Å². The summed E-state index contributed by atoms with van der Waals surface area (Å²) >= 11 is 8.27. The highest BCUT2D eigenvalue weighted by Crippen LogP contribution is 2.32. The van der Waals surface area contributed by atoms with Crippen LogP contribution < -0.4 is 5.32 Å². The van der Waals surface area contributed by atoms with Crippen molar-refractivity contribution >= 4 is 49.1 Å². The van der Waals surface area contributed by atoms with Crippen LogP contribution in [0, 0.1) is 5.92 Å². The highest BCUT2D eigenvalue weighted by atomic mass is 79.9. The zero-order valence-corrected chi connectivity index (χ0v) is 12.0. The third kappa shape index (κ3) is 2.82. The van der Waals surface area contributed by atoms with Gasteiger partial charge in [-0.1, -0.05) is 6.42 Å². The number of halogens is 2. The molecule has 0 radical (unpaired) electrons. The Morgan fingerprint density at radius 2 is 2.27 bits per heavy atom. The Morgan fingerprint density at radius 1 is 1.53 bits per heavy atom. The molecule has 1 fully saturated rings. The predicted molar refractivity (Wildman–Crippen MR) is 69.4 cm³/mol. The topological polar surface area (TPSA) is 29.1 Å². The van der Waals surface area contributed by atoms with E-state index in [9.17, 15) is 4.79 Å². The Bertz CT molecular complexity index is 373. The first-order valence-electron chi connectivity index (χ1n) is 4.90. The molecule has 1 aromatic rings. The Morgan fingerprint density at radius 3 is 2.73 bits per heavy atom. The van der Waals surface area contributed by atoms with Gasteiger partial charge in [0.15, 0.2) is 0 Å². The molecule has 0 atom stereocenters. The summed E-state index contributed by atoms with van der Waals surface area (Å²) in [5.41, 5.74) is 0.728. The second kappa shape index (κ2) is 4.97. The molecule has 82 valence electrons. The molecule has 0 aliphatic heterocycles. The molecule has 0 saturated heterocycles. The van der Waals surface area contributed by atoms with Gasteiger partial charge in [0.2, 0.25) is 0 Å². The molecule has 1 amide bonds. The molecule has 1 aromatic heterocycles. The molecule has 2 nitrogen and oxygen atoms in total. The molecule has 0 aromatic carbocycles. The highest BCUT2D eigenvalue weighted by molar-refractivity contribution is 9.12. The third-order valence-corrected chi connectivity index (χ3v) is 5.02. The maximum absolute atomic E-state index is 11.8. The van der Waals surface area contributed by atoms with Crippen LogP contribution in [-0.2, 0) is 0 Å². The van der Waals surface area contributed by atoms with E-state index < -0.39 is 0 Å². The van der Waals surface area contributed by atoms with Crippen molar-refractivity contribution in [2.45, 2.75) is 19.3 Å². The lowest BCUT2D eigenvalue weighted by molar-refractivity contribution is 0.0939. The fraction of sp³-hybridized carbons (Fsp3) is 0.500. The molecule has 1 aliphatic rings. The average molecular weight is 353 g/mol. The quantitative estimate of drug-likeness (QED) is 0.880. The van der Waals surface area contributed by atoms with Crippen molar-refractivity contribution in [1.29, 1.82) is 0 Å². The van der Waals surface area contributed by atoms with Crippen LogP contribution in [0.1, 0.15) is 29.6 Å². The van der Waals surface area contributed by atoms with Crippen molar-refractivity contribution in [3.8, 4) is 0 Å². The van der Waals surface area contributed by atoms with Gasteiger partial charge in [0, 0.05) is 6.54 Å². The Kier molecular flexibility index (Phi) is 3.85. The maximum Gasteiger partial charge on any atom is 0.253 e. The average Bonchev–Trinajstić information content (AvgIpc) is 2.42. The van der Waals surface area contributed by atoms with Gasteiger partial charge in [-0.2, -0.15) is 0 Å². The van der Waals surface area contributed by atoms with Crippen molar-refractivity contribution in [2.75, 3.05) is 6.54 Å². The van der Waals surface area contributed by atoms with Crippen LogP contribution in [-0.4, -0.2) is 12.5 Å². The van der Waals surface area contributed by atoms with E-state index in [0.29, 0.717) is 5.92 Å². The maximum atomic E-state index is 11.8. The minimum Gasteiger partial charge on any atom is -0.352 e. The van der Waals surface area contributed by atoms with Crippen LogP contribution in [0.25, 0.3) is 0 Å². The number of hydrogen-bond acceptors (Lipinski definition) is 2. The molecule has 1 heterocycles. The summed E-state index contributed by atoms with van der Waals surface area (Å²) in [5, 5.41) is 2.97. The fourth-order valence-electron chi connectivity index (χ4n) is 1.52. The number of carbonyl (C=O) groups is 1. The van der Waals surface area contributed by atoms with Crippen LogP contribution in [0.5, 0.6) is 0 Å². The number of thiophene rings is 1. The monoisotopic (exact) mass is 351 g/mol. The first kappa shape index (κ1) is 11.6. The summed E-state index contributed by atoms with van der Waals surface area (Å²) in [4.78, 5) is 11.8. The lowest BCUT2D eigenvalue weighted by Gasteiger charge is -2.25. The summed E-state index contributed by atoms with van der Waals surface area (Å²) in [6.07, 6.45) is 3.83. The first-order chi connectivity index (χ1) is 7.16. The van der Waals surface area contributed by atoms with Gasteiger partial charge in [-0.3, -0.25) is 4.79 Å². The Balaban J connectivity index is 1.92. The molecule has 2 rings (SSSR count). The number of rotatable bonds is 3. The van der Waals surface area contributed by atoms with E-state index in [0.717, 1.165) is 19.7 Å². The van der Waals surface area contributed by atoms with E-state index in [-0.39, 0.29) is 5.91 Å². The normalized spacial score (nSPS) is 16.1. The van der Waals surface area contributed by atoms with Crippen molar-refractivity contribution in [3.05, 3.63) is 19.2 Å². The lowest BCUT2D eigenvalue weighted by atomic mass is 9.85. The van der Waals surface area contributed by atoms with E-state index in [1.54, 1.807) is 0 Å². The van der Waals surface area contributed by atoms with Crippen molar-refractivity contribution in [1.82, 2.24) is 5.32 Å². The molecule has 1 aliphatic carbocycles. The first-order valence-corrected chi connectivity index (χ1v) is 7.30. The van der Waals surface area contributed by atoms with Crippen LogP contribution in [0.4, 0.5) is 0 Å². The predicted octanol–water partition coefficient (Wildman–Crippen LogP) is 3.80. The molecule has 1 N–H and O–H groups in total. The second-order valence-electron chi connectivity index (χ2n) is 3.74. The molecule has 0 spiro atoms. The largest absolute Gasteiger partial charge is 0.352 e. The Labute approximate surface area is 110 Å². The van der Waals surface area contributed by atoms with Crippen LogP contribution >= 0.6 is 43.2 Å². The standard InChI is InChI=1S/C10H11Br2NOS/c11-8-4-7(9(12)15-8)10(14)13-5-6-2-1-3-6/h4,6H,1-3,5H2,(H,13,14). The van der Waals surface area contributed by atoms with E-state index in [1.165, 1.54) is 30.6 Å². The number of amides is 1. The number of carbonyl (C=O) groups excluding carboxylic acids is 1. The smallest absolute Gasteiger partial charge is 0.253 e. The molecule has 1 saturated carbocycles. The van der Waals surface area contributed by atoms with Crippen molar-refractivity contribution in [2.24, 2.45) is 5.92 Å². The SMILES string of the molecule is O=C(NCC1CCC1)c1cc(Br)sc1Br. The summed E-state index contributed by atoms with van der Waals surface area (Å²) < 4.78 is 1.86. The van der Waals surface area contributed by atoms with Gasteiger partial charge in [0.05, 0.1) is 13.1 Å². The van der Waals surface area contributed by atoms with Crippen LogP contribution in [0.2, 0.25) is 0 Å². The summed E-state index contributed by atoms with van der Waals surface area (Å²) in [5.74, 6) is 0.727. The zero-order valence-electron chi connectivity index (χ0n) is 8.06. The minimum absolute atomic E-state index is 0.0238. The number of hydrogen-bond donors (Lipinski definition) is 1. The summed E-state index contributed by atoms with van der Waals surface area (Å²) in [6, 6.07) is 1.85. The van der Waals surface area contributed by atoms with Crippen molar-refractivity contribution in [3.63, 3.8) is 0 Å². The molecule has 0 unspecified atom stereocenters. The van der Waals surface area contributed by atoms with E-state index in [2.05, 4.69) is 37.2 Å². The molecular formula is C10H11Br2NOS. The van der Waals surface area contributed by atoms with Gasteiger partial charge in [-0.05, 0) is 56.7 Å². The van der Waals surface area contributed by atoms with Crippen molar-refractivity contribution < 1.29 is 4.79 Å². The van der Waals surface area contributed by atoms with Gasteiger partial charge >= 0.3 is 0 Å². The van der Waals surface area contributed by atoms with Crippen LogP contribution in [0.3, 0.4) is 0 Å². The highest BCUT2D eigenvalue weighted by Gasteiger charge is 2.19. The van der Waals surface area contributed by atoms with E-state index in [1.807, 2.05) is 6.07 Å². The fourth-order valence-corrected chi connectivity index (χ4v) is 4.32. The summed E-state index contributed by atoms with van der Waals surface area (Å²) in [7, 11) is 0. The van der Waals surface area contributed by atoms with Gasteiger partial charge in [-0.15, -0.1) is 11.3 Å². The van der Waals surface area contributed by atoms with Gasteiger partial charge < -0.3 is 5.32 Å². The number of nitrogens with one attached hydrogen (secondary N) is 1. The second-order valence-corrected chi connectivity index (χ2v) is 7.49. The molecule has 5 heteroatoms. The van der Waals surface area contributed by atoms with Gasteiger partial charge in [-0.25, -0.2) is 0 Å². The van der Waals surface area contributed by atoms with E-state index >= 15 is 0 Å². The Hall–Kier alpha value is 0.130. The summed E-state index contributed by atoms with van der Waals surface area (Å²) in [6.45, 7) is 0.818. The van der Waals surface area contributed by atoms with Gasteiger partial charge in [0.1, 0.15) is 0 Å². The molecular weight excluding hydrogens is 342 g/mol. The lowest BCUT2D eigenvalue weighted by Crippen LogP contribution is -2.32.